The zero-order valence-corrected chi connectivity index (χ0v) is 17.5. The average molecular weight is 412 g/mol. The van der Waals surface area contributed by atoms with Crippen LogP contribution in [0.3, 0.4) is 0 Å². The predicted molar refractivity (Wildman–Crippen MR) is 123 cm³/mol. The molecule has 1 aromatic heterocycles. The van der Waals surface area contributed by atoms with E-state index in [-0.39, 0.29) is 23.2 Å². The first kappa shape index (κ1) is 20.5. The normalized spacial score (nSPS) is 11.9. The molecule has 0 aliphatic rings. The van der Waals surface area contributed by atoms with Crippen molar-refractivity contribution in [2.75, 3.05) is 0 Å². The van der Waals surface area contributed by atoms with Gasteiger partial charge in [-0.1, -0.05) is 78.9 Å². The van der Waals surface area contributed by atoms with Gasteiger partial charge in [-0.25, -0.2) is 4.68 Å². The van der Waals surface area contributed by atoms with Crippen LogP contribution in [-0.4, -0.2) is 15.7 Å². The van der Waals surface area contributed by atoms with Gasteiger partial charge < -0.3 is 5.32 Å². The quantitative estimate of drug-likeness (QED) is 0.489. The first-order valence-electron chi connectivity index (χ1n) is 10.5. The molecule has 4 rings (SSSR count). The topological polar surface area (TPSA) is 64.0 Å². The Morgan fingerprint density at radius 3 is 2.23 bits per heavy atom. The predicted octanol–water partition coefficient (Wildman–Crippen LogP) is 4.43. The number of hydrogen-bond donors (Lipinski definition) is 1. The van der Waals surface area contributed by atoms with Crippen LogP contribution in [0, 0.1) is 0 Å². The summed E-state index contributed by atoms with van der Waals surface area (Å²) in [6.45, 7) is 0. The SMILES string of the molecule is Cn1nc(C(=O)N[C@@H](CCCc2ccccc2)c2ccccc2)c2ccccc2c1=O. The van der Waals surface area contributed by atoms with Crippen molar-refractivity contribution in [1.29, 1.82) is 0 Å². The molecular formula is C26H25N3O2. The lowest BCUT2D eigenvalue weighted by molar-refractivity contribution is 0.0929. The van der Waals surface area contributed by atoms with Gasteiger partial charge in [0.05, 0.1) is 11.4 Å². The van der Waals surface area contributed by atoms with E-state index >= 15 is 0 Å². The van der Waals surface area contributed by atoms with E-state index in [2.05, 4.69) is 22.5 Å². The fourth-order valence-corrected chi connectivity index (χ4v) is 3.86. The molecule has 3 aromatic carbocycles. The Morgan fingerprint density at radius 1 is 0.903 bits per heavy atom. The molecule has 1 atom stereocenters. The lowest BCUT2D eigenvalue weighted by Crippen LogP contribution is -2.32. The van der Waals surface area contributed by atoms with Crippen LogP contribution in [0.25, 0.3) is 10.8 Å². The molecule has 1 amide bonds. The number of fused-ring (bicyclic) bond motifs is 1. The van der Waals surface area contributed by atoms with E-state index in [0.717, 1.165) is 24.8 Å². The largest absolute Gasteiger partial charge is 0.344 e. The third-order valence-corrected chi connectivity index (χ3v) is 5.48. The minimum absolute atomic E-state index is 0.143. The van der Waals surface area contributed by atoms with Crippen LogP contribution in [0.1, 0.15) is 40.5 Å². The number of nitrogens with one attached hydrogen (secondary N) is 1. The highest BCUT2D eigenvalue weighted by Gasteiger charge is 2.20. The Bertz CT molecular complexity index is 1230. The van der Waals surface area contributed by atoms with Gasteiger partial charge in [0.1, 0.15) is 0 Å². The highest BCUT2D eigenvalue weighted by Crippen LogP contribution is 2.21. The minimum atomic E-state index is -0.277. The summed E-state index contributed by atoms with van der Waals surface area (Å²) in [5, 5.41) is 8.49. The first-order chi connectivity index (χ1) is 15.1. The summed E-state index contributed by atoms with van der Waals surface area (Å²) in [5.74, 6) is -0.277. The molecule has 1 N–H and O–H groups in total. The molecule has 0 bridgehead atoms. The van der Waals surface area contributed by atoms with Gasteiger partial charge >= 0.3 is 0 Å². The van der Waals surface area contributed by atoms with Crippen molar-refractivity contribution in [1.82, 2.24) is 15.1 Å². The van der Waals surface area contributed by atoms with E-state index in [0.29, 0.717) is 10.8 Å². The molecule has 4 aromatic rings. The third-order valence-electron chi connectivity index (χ3n) is 5.48. The highest BCUT2D eigenvalue weighted by atomic mass is 16.2. The molecule has 31 heavy (non-hydrogen) atoms. The zero-order chi connectivity index (χ0) is 21.6. The second-order valence-electron chi connectivity index (χ2n) is 7.64. The maximum atomic E-state index is 13.3. The third kappa shape index (κ3) is 4.72. The van der Waals surface area contributed by atoms with Crippen LogP contribution in [-0.2, 0) is 13.5 Å². The van der Waals surface area contributed by atoms with Gasteiger partial charge in [0.15, 0.2) is 5.69 Å². The molecule has 0 saturated heterocycles. The van der Waals surface area contributed by atoms with Gasteiger partial charge in [0.2, 0.25) is 0 Å². The van der Waals surface area contributed by atoms with Crippen LogP contribution in [0.4, 0.5) is 0 Å². The van der Waals surface area contributed by atoms with E-state index in [1.165, 1.54) is 10.2 Å². The molecule has 0 fully saturated rings. The van der Waals surface area contributed by atoms with Crippen molar-refractivity contribution in [3.8, 4) is 0 Å². The lowest BCUT2D eigenvalue weighted by atomic mass is 9.98. The molecule has 5 heteroatoms. The van der Waals surface area contributed by atoms with Crippen LogP contribution < -0.4 is 10.9 Å². The summed E-state index contributed by atoms with van der Waals surface area (Å²) in [5.41, 5.74) is 2.39. The molecule has 0 unspecified atom stereocenters. The van der Waals surface area contributed by atoms with Gasteiger partial charge in [0, 0.05) is 12.4 Å². The Kier molecular flexibility index (Phi) is 6.22. The fraction of sp³-hybridized carbons (Fsp3) is 0.192. The van der Waals surface area contributed by atoms with Crippen molar-refractivity contribution >= 4 is 16.7 Å². The van der Waals surface area contributed by atoms with Crippen molar-refractivity contribution in [2.24, 2.45) is 7.05 Å². The standard InChI is InChI=1S/C26H25N3O2/c1-29-26(31)22-17-9-8-16-21(22)24(28-29)25(30)27-23(20-14-6-3-7-15-20)18-10-13-19-11-4-2-5-12-19/h2-9,11-12,14-17,23H,10,13,18H2,1H3,(H,27,30)/t23-/m0/s1. The van der Waals surface area contributed by atoms with Gasteiger partial charge in [-0.3, -0.25) is 9.59 Å². The first-order valence-corrected chi connectivity index (χ1v) is 10.5. The Hall–Kier alpha value is -3.73. The number of nitrogens with zero attached hydrogens (tertiary/aromatic N) is 2. The van der Waals surface area contributed by atoms with E-state index in [1.807, 2.05) is 54.6 Å². The number of amides is 1. The fourth-order valence-electron chi connectivity index (χ4n) is 3.86. The zero-order valence-electron chi connectivity index (χ0n) is 17.5. The number of rotatable bonds is 7. The summed E-state index contributed by atoms with van der Waals surface area (Å²) in [7, 11) is 1.57. The van der Waals surface area contributed by atoms with Crippen LogP contribution in [0.15, 0.2) is 89.7 Å². The molecule has 1 heterocycles. The smallest absolute Gasteiger partial charge is 0.274 e. The van der Waals surface area contributed by atoms with Crippen LogP contribution in [0.5, 0.6) is 0 Å². The van der Waals surface area contributed by atoms with Gasteiger partial charge in [-0.05, 0) is 36.5 Å². The maximum Gasteiger partial charge on any atom is 0.274 e. The summed E-state index contributed by atoms with van der Waals surface area (Å²) in [6.07, 6.45) is 2.68. The Labute approximate surface area is 181 Å². The molecule has 0 saturated carbocycles. The summed E-state index contributed by atoms with van der Waals surface area (Å²) in [6, 6.07) is 27.3. The second kappa shape index (κ2) is 9.39. The number of carbonyl (C=O) groups excluding carboxylic acids is 1. The molecule has 5 nitrogen and oxygen atoms in total. The Balaban J connectivity index is 1.58. The van der Waals surface area contributed by atoms with E-state index in [4.69, 9.17) is 0 Å². The highest BCUT2D eigenvalue weighted by molar-refractivity contribution is 6.04. The van der Waals surface area contributed by atoms with Crippen molar-refractivity contribution in [2.45, 2.75) is 25.3 Å². The minimum Gasteiger partial charge on any atom is -0.344 e. The second-order valence-corrected chi connectivity index (χ2v) is 7.64. The van der Waals surface area contributed by atoms with Gasteiger partial charge in [-0.2, -0.15) is 5.10 Å². The van der Waals surface area contributed by atoms with Gasteiger partial charge in [0.25, 0.3) is 11.5 Å². The average Bonchev–Trinajstić information content (AvgIpc) is 2.82. The monoisotopic (exact) mass is 411 g/mol. The Morgan fingerprint density at radius 2 is 1.52 bits per heavy atom. The number of carbonyl (C=O) groups is 1. The molecule has 0 aliphatic heterocycles. The van der Waals surface area contributed by atoms with Crippen LogP contribution in [0.2, 0.25) is 0 Å². The number of hydrogen-bond acceptors (Lipinski definition) is 3. The van der Waals surface area contributed by atoms with Crippen molar-refractivity contribution in [3.05, 3.63) is 112 Å². The number of aryl methyl sites for hydroxylation is 2. The van der Waals surface area contributed by atoms with Gasteiger partial charge in [-0.15, -0.1) is 0 Å². The number of aromatic nitrogens is 2. The molecular weight excluding hydrogens is 386 g/mol. The van der Waals surface area contributed by atoms with E-state index in [1.54, 1.807) is 25.2 Å². The van der Waals surface area contributed by atoms with Crippen LogP contribution >= 0.6 is 0 Å². The molecule has 0 spiro atoms. The molecule has 0 radical (unpaired) electrons. The van der Waals surface area contributed by atoms with Crippen molar-refractivity contribution in [3.63, 3.8) is 0 Å². The molecule has 156 valence electrons. The number of benzene rings is 3. The van der Waals surface area contributed by atoms with E-state index in [9.17, 15) is 9.59 Å². The summed E-state index contributed by atoms with van der Waals surface area (Å²) < 4.78 is 1.23. The maximum absolute atomic E-state index is 13.3. The lowest BCUT2D eigenvalue weighted by Gasteiger charge is -2.20. The summed E-state index contributed by atoms with van der Waals surface area (Å²) >= 11 is 0. The van der Waals surface area contributed by atoms with Crippen molar-refractivity contribution < 1.29 is 4.79 Å². The molecule has 0 aliphatic carbocycles. The van der Waals surface area contributed by atoms with E-state index < -0.39 is 0 Å². The summed E-state index contributed by atoms with van der Waals surface area (Å²) in [4.78, 5) is 25.6.